The van der Waals surface area contributed by atoms with E-state index in [1.165, 1.54) is 7.11 Å². The van der Waals surface area contributed by atoms with Crippen molar-refractivity contribution in [3.63, 3.8) is 0 Å². The Morgan fingerprint density at radius 2 is 2.14 bits per heavy atom. The van der Waals surface area contributed by atoms with Gasteiger partial charge in [0.05, 0.1) is 18.7 Å². The van der Waals surface area contributed by atoms with Crippen LogP contribution in [0, 0.1) is 0 Å². The maximum atomic E-state index is 11.8. The van der Waals surface area contributed by atoms with E-state index >= 15 is 0 Å². The molecule has 0 atom stereocenters. The molecule has 0 spiro atoms. The Balaban J connectivity index is 1.97. The number of methoxy groups -OCH3 is 1. The minimum atomic E-state index is -0.161. The lowest BCUT2D eigenvalue weighted by Gasteiger charge is -2.15. The number of hydrogen-bond acceptors (Lipinski definition) is 4. The quantitative estimate of drug-likeness (QED) is 0.845. The zero-order chi connectivity index (χ0) is 15.2. The molecular weight excluding hydrogens is 294 g/mol. The number of hydrogen-bond donors (Lipinski definition) is 2. The summed E-state index contributed by atoms with van der Waals surface area (Å²) in [6.07, 6.45) is 4.38. The van der Waals surface area contributed by atoms with E-state index < -0.39 is 0 Å². The fourth-order valence-electron chi connectivity index (χ4n) is 2.48. The van der Waals surface area contributed by atoms with Crippen molar-refractivity contribution in [1.29, 1.82) is 0 Å². The Morgan fingerprint density at radius 1 is 1.43 bits per heavy atom. The van der Waals surface area contributed by atoms with Gasteiger partial charge in [-0.05, 0) is 30.5 Å². The summed E-state index contributed by atoms with van der Waals surface area (Å²) in [5.74, 6) is 0.560. The lowest BCUT2D eigenvalue weighted by Crippen LogP contribution is -2.36. The van der Waals surface area contributed by atoms with Crippen molar-refractivity contribution in [2.24, 2.45) is 0 Å². The Bertz CT molecular complexity index is 501. The van der Waals surface area contributed by atoms with Crippen molar-refractivity contribution < 1.29 is 19.4 Å². The van der Waals surface area contributed by atoms with Crippen molar-refractivity contribution in [2.45, 2.75) is 38.3 Å². The normalized spacial score (nSPS) is 15.0. The summed E-state index contributed by atoms with van der Waals surface area (Å²) in [4.78, 5) is 11.8. The van der Waals surface area contributed by atoms with Crippen LogP contribution in [0.25, 0.3) is 0 Å². The van der Waals surface area contributed by atoms with Gasteiger partial charge in [0.25, 0.3) is 5.91 Å². The molecule has 5 nitrogen and oxygen atoms in total. The number of carbonyl (C=O) groups excluding carboxylic acids is 1. The molecule has 0 radical (unpaired) electrons. The largest absolute Gasteiger partial charge is 0.493 e. The van der Waals surface area contributed by atoms with Crippen LogP contribution in [0.4, 0.5) is 0 Å². The summed E-state index contributed by atoms with van der Waals surface area (Å²) in [5, 5.41) is 12.4. The third-order valence-corrected chi connectivity index (χ3v) is 3.82. The van der Waals surface area contributed by atoms with E-state index in [-0.39, 0.29) is 25.2 Å². The van der Waals surface area contributed by atoms with E-state index in [1.807, 2.05) is 0 Å². The van der Waals surface area contributed by atoms with Gasteiger partial charge >= 0.3 is 0 Å². The number of rotatable bonds is 6. The molecule has 1 aromatic rings. The maximum absolute atomic E-state index is 11.8. The van der Waals surface area contributed by atoms with E-state index in [0.717, 1.165) is 25.7 Å². The number of aliphatic hydroxyl groups is 1. The van der Waals surface area contributed by atoms with Crippen LogP contribution in [0.3, 0.4) is 0 Å². The number of ether oxygens (including phenoxy) is 2. The van der Waals surface area contributed by atoms with Gasteiger partial charge in [0.1, 0.15) is 0 Å². The minimum Gasteiger partial charge on any atom is -0.493 e. The molecule has 1 amide bonds. The van der Waals surface area contributed by atoms with Gasteiger partial charge in [-0.25, -0.2) is 0 Å². The topological polar surface area (TPSA) is 67.8 Å². The van der Waals surface area contributed by atoms with Crippen LogP contribution in [0.15, 0.2) is 12.1 Å². The first-order valence-electron chi connectivity index (χ1n) is 7.03. The van der Waals surface area contributed by atoms with Crippen molar-refractivity contribution in [3.8, 4) is 11.5 Å². The summed E-state index contributed by atoms with van der Waals surface area (Å²) in [5.41, 5.74) is 0.625. The minimum absolute atomic E-state index is 0.106. The molecule has 1 fully saturated rings. The van der Waals surface area contributed by atoms with Crippen LogP contribution in [-0.2, 0) is 11.4 Å². The Kier molecular flexibility index (Phi) is 5.70. The molecule has 0 saturated heterocycles. The predicted molar refractivity (Wildman–Crippen MR) is 79.8 cm³/mol. The molecule has 1 aliphatic rings. The summed E-state index contributed by atoms with van der Waals surface area (Å²) >= 11 is 6.10. The van der Waals surface area contributed by atoms with E-state index in [2.05, 4.69) is 5.32 Å². The number of halogens is 1. The molecule has 0 aromatic heterocycles. The number of benzene rings is 1. The van der Waals surface area contributed by atoms with Crippen LogP contribution >= 0.6 is 11.6 Å². The van der Waals surface area contributed by atoms with Gasteiger partial charge in [0.15, 0.2) is 18.1 Å². The van der Waals surface area contributed by atoms with Crippen LogP contribution < -0.4 is 14.8 Å². The Hall–Kier alpha value is -1.46. The van der Waals surface area contributed by atoms with Crippen molar-refractivity contribution in [1.82, 2.24) is 5.32 Å². The highest BCUT2D eigenvalue weighted by Gasteiger charge is 2.18. The summed E-state index contributed by atoms with van der Waals surface area (Å²) in [6, 6.07) is 3.49. The molecule has 0 heterocycles. The molecule has 0 bridgehead atoms. The number of amides is 1. The van der Waals surface area contributed by atoms with Gasteiger partial charge in [-0.2, -0.15) is 0 Å². The van der Waals surface area contributed by atoms with Crippen LogP contribution in [0.5, 0.6) is 11.5 Å². The SMILES string of the molecule is COc1cc(CO)cc(Cl)c1OCC(=O)NC1CCCC1. The van der Waals surface area contributed by atoms with Gasteiger partial charge in [0, 0.05) is 6.04 Å². The van der Waals surface area contributed by atoms with Crippen molar-refractivity contribution in [2.75, 3.05) is 13.7 Å². The zero-order valence-electron chi connectivity index (χ0n) is 12.0. The molecule has 1 aromatic carbocycles. The van der Waals surface area contributed by atoms with E-state index in [0.29, 0.717) is 22.1 Å². The van der Waals surface area contributed by atoms with Gasteiger partial charge < -0.3 is 19.9 Å². The van der Waals surface area contributed by atoms with Gasteiger partial charge in [0.2, 0.25) is 0 Å². The van der Waals surface area contributed by atoms with E-state index in [9.17, 15) is 4.79 Å². The standard InChI is InChI=1S/C15H20ClNO4/c1-20-13-7-10(8-18)6-12(16)15(13)21-9-14(19)17-11-4-2-3-5-11/h6-7,11,18H,2-5,8-9H2,1H3,(H,17,19). The maximum Gasteiger partial charge on any atom is 0.258 e. The molecule has 2 rings (SSSR count). The van der Waals surface area contributed by atoms with Gasteiger partial charge in [-0.1, -0.05) is 24.4 Å². The van der Waals surface area contributed by atoms with E-state index in [4.69, 9.17) is 26.2 Å². The van der Waals surface area contributed by atoms with Crippen molar-refractivity contribution >= 4 is 17.5 Å². The Labute approximate surface area is 129 Å². The lowest BCUT2D eigenvalue weighted by atomic mass is 10.2. The number of nitrogens with one attached hydrogen (secondary N) is 1. The molecule has 0 unspecified atom stereocenters. The highest BCUT2D eigenvalue weighted by Crippen LogP contribution is 2.36. The highest BCUT2D eigenvalue weighted by atomic mass is 35.5. The van der Waals surface area contributed by atoms with Crippen LogP contribution in [0.1, 0.15) is 31.2 Å². The second-order valence-electron chi connectivity index (χ2n) is 5.10. The van der Waals surface area contributed by atoms with Crippen LogP contribution in [0.2, 0.25) is 5.02 Å². The first-order valence-corrected chi connectivity index (χ1v) is 7.41. The predicted octanol–water partition coefficient (Wildman–Crippen LogP) is 2.28. The van der Waals surface area contributed by atoms with Gasteiger partial charge in [-0.15, -0.1) is 0 Å². The fourth-order valence-corrected chi connectivity index (χ4v) is 2.77. The fraction of sp³-hybridized carbons (Fsp3) is 0.533. The van der Waals surface area contributed by atoms with E-state index in [1.54, 1.807) is 12.1 Å². The average Bonchev–Trinajstić information content (AvgIpc) is 2.97. The molecular formula is C15H20ClNO4. The third kappa shape index (κ3) is 4.25. The molecule has 6 heteroatoms. The molecule has 116 valence electrons. The smallest absolute Gasteiger partial charge is 0.258 e. The van der Waals surface area contributed by atoms with Crippen molar-refractivity contribution in [3.05, 3.63) is 22.7 Å². The molecule has 21 heavy (non-hydrogen) atoms. The zero-order valence-corrected chi connectivity index (χ0v) is 12.8. The molecule has 0 aliphatic heterocycles. The summed E-state index contributed by atoms with van der Waals surface area (Å²) < 4.78 is 10.7. The first kappa shape index (κ1) is 15.9. The average molecular weight is 314 g/mol. The number of carbonyl (C=O) groups is 1. The highest BCUT2D eigenvalue weighted by molar-refractivity contribution is 6.32. The monoisotopic (exact) mass is 313 g/mol. The molecule has 1 saturated carbocycles. The summed E-state index contributed by atoms with van der Waals surface area (Å²) in [7, 11) is 1.48. The number of aliphatic hydroxyl groups excluding tert-OH is 1. The lowest BCUT2D eigenvalue weighted by molar-refractivity contribution is -0.123. The second kappa shape index (κ2) is 7.52. The molecule has 1 aliphatic carbocycles. The summed E-state index contributed by atoms with van der Waals surface area (Å²) in [6.45, 7) is -0.246. The first-order chi connectivity index (χ1) is 10.1. The second-order valence-corrected chi connectivity index (χ2v) is 5.51. The van der Waals surface area contributed by atoms with Crippen LogP contribution in [-0.4, -0.2) is 30.8 Å². The van der Waals surface area contributed by atoms with Gasteiger partial charge in [-0.3, -0.25) is 4.79 Å². The Morgan fingerprint density at radius 3 is 2.76 bits per heavy atom. The third-order valence-electron chi connectivity index (χ3n) is 3.54. The molecule has 2 N–H and O–H groups in total.